The molecule has 2 fully saturated rings. The van der Waals surface area contributed by atoms with Crippen molar-refractivity contribution in [2.24, 2.45) is 11.8 Å². The van der Waals surface area contributed by atoms with Gasteiger partial charge in [-0.15, -0.1) is 0 Å². The fraction of sp³-hybridized carbons (Fsp3) is 0.550. The van der Waals surface area contributed by atoms with E-state index in [2.05, 4.69) is 5.32 Å². The molecule has 0 spiro atoms. The number of imide groups is 1. The molecule has 0 bridgehead atoms. The normalized spacial score (nSPS) is 23.7. The Labute approximate surface area is 176 Å². The predicted octanol–water partition coefficient (Wildman–Crippen LogP) is 1.45. The second-order valence-electron chi connectivity index (χ2n) is 8.07. The van der Waals surface area contributed by atoms with Gasteiger partial charge >= 0.3 is 12.0 Å². The van der Waals surface area contributed by atoms with Gasteiger partial charge in [-0.25, -0.2) is 18.0 Å². The Morgan fingerprint density at radius 1 is 1.20 bits per heavy atom. The second kappa shape index (κ2) is 8.73. The number of carbonyl (C=O) groups excluding carboxylic acids is 3. The van der Waals surface area contributed by atoms with Crippen LogP contribution in [0.4, 0.5) is 4.79 Å². The quantitative estimate of drug-likeness (QED) is 0.698. The molecule has 1 N–H and O–H groups in total. The van der Waals surface area contributed by atoms with Crippen LogP contribution in [0.25, 0.3) is 0 Å². The molecule has 3 amide bonds. The number of nitrogens with zero attached hydrogens (tertiary/aromatic N) is 2. The Kier molecular flexibility index (Phi) is 6.47. The summed E-state index contributed by atoms with van der Waals surface area (Å²) in [5, 5.41) is 2.51. The van der Waals surface area contributed by atoms with E-state index in [1.807, 2.05) is 13.8 Å². The first-order valence-electron chi connectivity index (χ1n) is 10.00. The molecule has 30 heavy (non-hydrogen) atoms. The predicted molar refractivity (Wildman–Crippen MR) is 108 cm³/mol. The third-order valence-electron chi connectivity index (χ3n) is 5.30. The number of piperidine rings is 1. The first-order valence-corrected chi connectivity index (χ1v) is 11.4. The van der Waals surface area contributed by atoms with Crippen LogP contribution >= 0.6 is 0 Å². The van der Waals surface area contributed by atoms with Crippen LogP contribution in [-0.2, 0) is 19.6 Å². The summed E-state index contributed by atoms with van der Waals surface area (Å²) in [6.45, 7) is 6.84. The third kappa shape index (κ3) is 4.65. The molecule has 0 aliphatic carbocycles. The standard InChI is InChI=1S/C20H27N3O6S/c1-13-9-14(2)12-22(11-13)30(27,28)17-6-4-5-16(10-17)19(25)29-15(3)18(24)23-8-7-21-20(23)26/h4-6,10,13-15H,7-9,11-12H2,1-3H3,(H,21,26)/t13-,14-,15-/m1/s1. The van der Waals surface area contributed by atoms with Gasteiger partial charge in [0.2, 0.25) is 10.0 Å². The van der Waals surface area contributed by atoms with Gasteiger partial charge in [-0.3, -0.25) is 9.69 Å². The molecule has 164 valence electrons. The fourth-order valence-electron chi connectivity index (χ4n) is 3.91. The molecule has 2 aliphatic heterocycles. The molecule has 0 aromatic heterocycles. The SMILES string of the molecule is C[C@@H]1C[C@@H](C)CN(S(=O)(=O)c2cccc(C(=O)O[C@H](C)C(=O)N3CCNC3=O)c2)C1. The van der Waals surface area contributed by atoms with Gasteiger partial charge in [0.25, 0.3) is 5.91 Å². The summed E-state index contributed by atoms with van der Waals surface area (Å²) in [7, 11) is -3.75. The number of carbonyl (C=O) groups is 3. The molecule has 3 atom stereocenters. The zero-order chi connectivity index (χ0) is 22.1. The lowest BCUT2D eigenvalue weighted by Crippen LogP contribution is -2.42. The van der Waals surface area contributed by atoms with Crippen molar-refractivity contribution in [2.45, 2.75) is 38.2 Å². The number of hydrogen-bond donors (Lipinski definition) is 1. The molecule has 0 saturated carbocycles. The average molecular weight is 438 g/mol. The van der Waals surface area contributed by atoms with Crippen LogP contribution in [-0.4, -0.2) is 67.8 Å². The largest absolute Gasteiger partial charge is 0.449 e. The Morgan fingerprint density at radius 2 is 1.87 bits per heavy atom. The van der Waals surface area contributed by atoms with Gasteiger partial charge in [0, 0.05) is 26.2 Å². The molecule has 1 aromatic carbocycles. The monoisotopic (exact) mass is 437 g/mol. The van der Waals surface area contributed by atoms with Crippen molar-refractivity contribution in [3.05, 3.63) is 29.8 Å². The summed E-state index contributed by atoms with van der Waals surface area (Å²) in [5.41, 5.74) is 0.0275. The summed E-state index contributed by atoms with van der Waals surface area (Å²) < 4.78 is 32.8. The highest BCUT2D eigenvalue weighted by atomic mass is 32.2. The number of nitrogens with one attached hydrogen (secondary N) is 1. The summed E-state index contributed by atoms with van der Waals surface area (Å²) in [6.07, 6.45) is -0.204. The Hall–Kier alpha value is -2.46. The van der Waals surface area contributed by atoms with Crippen molar-refractivity contribution >= 4 is 27.9 Å². The van der Waals surface area contributed by atoms with Crippen LogP contribution < -0.4 is 5.32 Å². The van der Waals surface area contributed by atoms with Crippen LogP contribution in [0.1, 0.15) is 37.6 Å². The van der Waals surface area contributed by atoms with E-state index in [0.717, 1.165) is 11.3 Å². The number of esters is 1. The summed E-state index contributed by atoms with van der Waals surface area (Å²) in [6, 6.07) is 5.09. The van der Waals surface area contributed by atoms with Crippen molar-refractivity contribution in [3.8, 4) is 0 Å². The first kappa shape index (κ1) is 22.2. The number of sulfonamides is 1. The van der Waals surface area contributed by atoms with Crippen molar-refractivity contribution < 1.29 is 27.5 Å². The van der Waals surface area contributed by atoms with Gasteiger partial charge in [0.05, 0.1) is 10.5 Å². The van der Waals surface area contributed by atoms with Crippen molar-refractivity contribution in [1.29, 1.82) is 0 Å². The highest BCUT2D eigenvalue weighted by molar-refractivity contribution is 7.89. The van der Waals surface area contributed by atoms with Crippen LogP contribution in [0.15, 0.2) is 29.2 Å². The van der Waals surface area contributed by atoms with Gasteiger partial charge < -0.3 is 10.1 Å². The first-order chi connectivity index (χ1) is 14.1. The Balaban J connectivity index is 1.73. The van der Waals surface area contributed by atoms with E-state index in [0.29, 0.717) is 19.6 Å². The minimum atomic E-state index is -3.75. The Bertz CT molecular complexity index is 938. The van der Waals surface area contributed by atoms with Crippen LogP contribution in [0.3, 0.4) is 0 Å². The minimum Gasteiger partial charge on any atom is -0.449 e. The van der Waals surface area contributed by atoms with Gasteiger partial charge in [0.15, 0.2) is 6.10 Å². The molecule has 3 rings (SSSR count). The highest BCUT2D eigenvalue weighted by Crippen LogP contribution is 2.27. The van der Waals surface area contributed by atoms with Crippen LogP contribution in [0.5, 0.6) is 0 Å². The van der Waals surface area contributed by atoms with Gasteiger partial charge in [-0.2, -0.15) is 4.31 Å². The highest BCUT2D eigenvalue weighted by Gasteiger charge is 2.33. The summed E-state index contributed by atoms with van der Waals surface area (Å²) in [5.74, 6) is -0.941. The molecule has 0 unspecified atom stereocenters. The number of rotatable bonds is 5. The van der Waals surface area contributed by atoms with Gasteiger partial charge in [-0.1, -0.05) is 19.9 Å². The summed E-state index contributed by atoms with van der Waals surface area (Å²) >= 11 is 0. The molecule has 0 radical (unpaired) electrons. The van der Waals surface area contributed by atoms with E-state index < -0.39 is 34.0 Å². The van der Waals surface area contributed by atoms with Crippen molar-refractivity contribution in [1.82, 2.24) is 14.5 Å². The molecule has 2 aliphatic rings. The number of amides is 3. The van der Waals surface area contributed by atoms with E-state index in [1.165, 1.54) is 35.5 Å². The Morgan fingerprint density at radius 3 is 2.47 bits per heavy atom. The minimum absolute atomic E-state index is 0.0103. The van der Waals surface area contributed by atoms with Crippen LogP contribution in [0.2, 0.25) is 0 Å². The number of ether oxygens (including phenoxy) is 1. The maximum Gasteiger partial charge on any atom is 0.338 e. The van der Waals surface area contributed by atoms with Crippen molar-refractivity contribution in [2.75, 3.05) is 26.2 Å². The maximum absolute atomic E-state index is 13.1. The topological polar surface area (TPSA) is 113 Å². The summed E-state index contributed by atoms with van der Waals surface area (Å²) in [4.78, 5) is 37.4. The van der Waals surface area contributed by atoms with E-state index in [1.54, 1.807) is 0 Å². The molecule has 2 saturated heterocycles. The zero-order valence-corrected chi connectivity index (χ0v) is 18.1. The van der Waals surface area contributed by atoms with Crippen molar-refractivity contribution in [3.63, 3.8) is 0 Å². The van der Waals surface area contributed by atoms with E-state index in [9.17, 15) is 22.8 Å². The van der Waals surface area contributed by atoms with Gasteiger partial charge in [-0.05, 0) is 43.4 Å². The maximum atomic E-state index is 13.1. The average Bonchev–Trinajstić information content (AvgIpc) is 3.12. The number of hydrogen-bond acceptors (Lipinski definition) is 6. The lowest BCUT2D eigenvalue weighted by Gasteiger charge is -2.34. The second-order valence-corrected chi connectivity index (χ2v) is 10.0. The lowest BCUT2D eigenvalue weighted by atomic mass is 9.94. The smallest absolute Gasteiger partial charge is 0.338 e. The van der Waals surface area contributed by atoms with Gasteiger partial charge in [0.1, 0.15) is 0 Å². The van der Waals surface area contributed by atoms with Crippen LogP contribution in [0, 0.1) is 11.8 Å². The molecule has 2 heterocycles. The lowest BCUT2D eigenvalue weighted by molar-refractivity contribution is -0.136. The molecule has 9 nitrogen and oxygen atoms in total. The molecule has 10 heteroatoms. The van der Waals surface area contributed by atoms with E-state index in [-0.39, 0.29) is 28.8 Å². The fourth-order valence-corrected chi connectivity index (χ4v) is 5.64. The number of benzene rings is 1. The molecular weight excluding hydrogens is 410 g/mol. The van der Waals surface area contributed by atoms with E-state index in [4.69, 9.17) is 4.74 Å². The third-order valence-corrected chi connectivity index (χ3v) is 7.12. The molecule has 1 aromatic rings. The number of urea groups is 1. The zero-order valence-electron chi connectivity index (χ0n) is 17.3. The van der Waals surface area contributed by atoms with E-state index >= 15 is 0 Å². The molecular formula is C20H27N3O6S.